The number of benzene rings is 1. The summed E-state index contributed by atoms with van der Waals surface area (Å²) >= 11 is 5.82. The Balaban J connectivity index is 1.42. The smallest absolute Gasteiger partial charge is 0.119 e. The molecule has 0 aliphatic heterocycles. The van der Waals surface area contributed by atoms with Crippen LogP contribution in [0.25, 0.3) is 0 Å². The summed E-state index contributed by atoms with van der Waals surface area (Å²) in [4.78, 5) is 0. The molecule has 3 rings (SSSR count). The Labute approximate surface area is 122 Å². The normalized spacial score (nSPS) is 14.4. The van der Waals surface area contributed by atoms with Crippen LogP contribution in [-0.4, -0.2) is 27.6 Å². The third kappa shape index (κ3) is 3.95. The first-order valence-corrected chi connectivity index (χ1v) is 7.18. The number of hydrogen-bond donors (Lipinski definition) is 1. The largest absolute Gasteiger partial charge is 0.492 e. The lowest BCUT2D eigenvalue weighted by atomic mass is 10.3. The van der Waals surface area contributed by atoms with E-state index in [0.717, 1.165) is 18.0 Å². The van der Waals surface area contributed by atoms with E-state index in [0.29, 0.717) is 24.2 Å². The van der Waals surface area contributed by atoms with Gasteiger partial charge in [0, 0.05) is 23.8 Å². The lowest BCUT2D eigenvalue weighted by Crippen LogP contribution is -2.15. The Kier molecular flexibility index (Phi) is 4.18. The molecule has 1 saturated carbocycles. The van der Waals surface area contributed by atoms with Crippen molar-refractivity contribution in [2.24, 2.45) is 0 Å². The summed E-state index contributed by atoms with van der Waals surface area (Å²) < 4.78 is 7.42. The van der Waals surface area contributed by atoms with Crippen LogP contribution in [-0.2, 0) is 13.1 Å². The first-order chi connectivity index (χ1) is 9.79. The van der Waals surface area contributed by atoms with Crippen molar-refractivity contribution in [3.63, 3.8) is 0 Å². The molecule has 0 spiro atoms. The van der Waals surface area contributed by atoms with Crippen molar-refractivity contribution in [2.75, 3.05) is 6.61 Å². The molecule has 0 amide bonds. The van der Waals surface area contributed by atoms with E-state index in [9.17, 15) is 0 Å². The number of halogens is 1. The molecule has 0 radical (unpaired) electrons. The lowest BCUT2D eigenvalue weighted by molar-refractivity contribution is 0.289. The van der Waals surface area contributed by atoms with Crippen molar-refractivity contribution < 1.29 is 4.74 Å². The minimum Gasteiger partial charge on any atom is -0.492 e. The molecule has 0 unspecified atom stereocenters. The highest BCUT2D eigenvalue weighted by molar-refractivity contribution is 6.30. The van der Waals surface area contributed by atoms with Crippen LogP contribution >= 0.6 is 11.6 Å². The van der Waals surface area contributed by atoms with Crippen molar-refractivity contribution >= 4 is 11.6 Å². The van der Waals surface area contributed by atoms with Gasteiger partial charge in [-0.15, -0.1) is 5.10 Å². The highest BCUT2D eigenvalue weighted by Crippen LogP contribution is 2.19. The van der Waals surface area contributed by atoms with E-state index in [1.54, 1.807) is 4.68 Å². The minimum atomic E-state index is 0.556. The van der Waals surface area contributed by atoms with Crippen molar-refractivity contribution in [1.29, 1.82) is 0 Å². The first-order valence-electron chi connectivity index (χ1n) is 6.80. The molecule has 2 aromatic rings. The van der Waals surface area contributed by atoms with Gasteiger partial charge in [-0.05, 0) is 37.1 Å². The van der Waals surface area contributed by atoms with Crippen molar-refractivity contribution in [1.82, 2.24) is 20.3 Å². The molecular formula is C14H17ClN4O. The Morgan fingerprint density at radius 1 is 1.30 bits per heavy atom. The third-order valence-electron chi connectivity index (χ3n) is 3.14. The molecule has 1 N–H and O–H groups in total. The summed E-state index contributed by atoms with van der Waals surface area (Å²) in [7, 11) is 0. The zero-order valence-corrected chi connectivity index (χ0v) is 11.9. The molecule has 0 atom stereocenters. The highest BCUT2D eigenvalue weighted by atomic mass is 35.5. The van der Waals surface area contributed by atoms with Gasteiger partial charge in [-0.1, -0.05) is 16.8 Å². The van der Waals surface area contributed by atoms with Crippen LogP contribution in [0.15, 0.2) is 30.5 Å². The van der Waals surface area contributed by atoms with Gasteiger partial charge in [-0.2, -0.15) is 0 Å². The molecule has 1 aromatic heterocycles. The lowest BCUT2D eigenvalue weighted by Gasteiger charge is -2.05. The number of rotatable bonds is 7. The monoisotopic (exact) mass is 292 g/mol. The Hall–Kier alpha value is -1.59. The summed E-state index contributed by atoms with van der Waals surface area (Å²) in [5, 5.41) is 12.3. The van der Waals surface area contributed by atoms with Gasteiger partial charge >= 0.3 is 0 Å². The van der Waals surface area contributed by atoms with Gasteiger partial charge in [0.15, 0.2) is 0 Å². The Morgan fingerprint density at radius 3 is 2.85 bits per heavy atom. The molecule has 1 aromatic carbocycles. The molecule has 5 nitrogen and oxygen atoms in total. The maximum absolute atomic E-state index is 5.82. The average Bonchev–Trinajstić information content (AvgIpc) is 3.18. The minimum absolute atomic E-state index is 0.556. The molecule has 1 aliphatic rings. The van der Waals surface area contributed by atoms with Crippen LogP contribution in [0.4, 0.5) is 0 Å². The predicted octanol–water partition coefficient (Wildman–Crippen LogP) is 2.26. The molecular weight excluding hydrogens is 276 g/mol. The van der Waals surface area contributed by atoms with Crippen molar-refractivity contribution in [2.45, 2.75) is 32.0 Å². The van der Waals surface area contributed by atoms with Crippen molar-refractivity contribution in [3.8, 4) is 5.75 Å². The van der Waals surface area contributed by atoms with E-state index >= 15 is 0 Å². The Bertz CT molecular complexity index is 551. The van der Waals surface area contributed by atoms with Gasteiger partial charge in [0.25, 0.3) is 0 Å². The fourth-order valence-corrected chi connectivity index (χ4v) is 1.98. The SMILES string of the molecule is Clc1ccc(OCCn2cc(CNC3CC3)nn2)cc1. The second-order valence-electron chi connectivity index (χ2n) is 4.93. The first kappa shape index (κ1) is 13.4. The van der Waals surface area contributed by atoms with E-state index in [4.69, 9.17) is 16.3 Å². The van der Waals surface area contributed by atoms with E-state index in [1.807, 2.05) is 30.5 Å². The van der Waals surface area contributed by atoms with Crippen LogP contribution in [0.3, 0.4) is 0 Å². The third-order valence-corrected chi connectivity index (χ3v) is 3.39. The molecule has 0 bridgehead atoms. The standard InChI is InChI=1S/C14H17ClN4O/c15-11-1-5-14(6-2-11)20-8-7-19-10-13(17-18-19)9-16-12-3-4-12/h1-2,5-6,10,12,16H,3-4,7-9H2. The van der Waals surface area contributed by atoms with Crippen LogP contribution in [0.1, 0.15) is 18.5 Å². The summed E-state index contributed by atoms with van der Waals surface area (Å²) in [6.07, 6.45) is 4.52. The van der Waals surface area contributed by atoms with E-state index < -0.39 is 0 Å². The summed E-state index contributed by atoms with van der Waals surface area (Å²) in [6.45, 7) is 2.03. The zero-order chi connectivity index (χ0) is 13.8. The maximum Gasteiger partial charge on any atom is 0.119 e. The Morgan fingerprint density at radius 2 is 2.10 bits per heavy atom. The average molecular weight is 293 g/mol. The van der Waals surface area contributed by atoms with Gasteiger partial charge in [0.05, 0.1) is 12.2 Å². The molecule has 20 heavy (non-hydrogen) atoms. The second kappa shape index (κ2) is 6.24. The van der Waals surface area contributed by atoms with E-state index in [-0.39, 0.29) is 0 Å². The summed E-state index contributed by atoms with van der Waals surface area (Å²) in [5.74, 6) is 0.810. The summed E-state index contributed by atoms with van der Waals surface area (Å²) in [6, 6.07) is 8.03. The van der Waals surface area contributed by atoms with Crippen LogP contribution in [0.2, 0.25) is 5.02 Å². The van der Waals surface area contributed by atoms with Gasteiger partial charge in [-0.3, -0.25) is 0 Å². The number of aromatic nitrogens is 3. The fourth-order valence-electron chi connectivity index (χ4n) is 1.85. The van der Waals surface area contributed by atoms with Crippen LogP contribution < -0.4 is 10.1 Å². The van der Waals surface area contributed by atoms with Crippen LogP contribution in [0, 0.1) is 0 Å². The van der Waals surface area contributed by atoms with Gasteiger partial charge < -0.3 is 10.1 Å². The molecule has 6 heteroatoms. The topological polar surface area (TPSA) is 52.0 Å². The van der Waals surface area contributed by atoms with Crippen LogP contribution in [0.5, 0.6) is 5.75 Å². The molecule has 0 saturated heterocycles. The molecule has 1 fully saturated rings. The second-order valence-corrected chi connectivity index (χ2v) is 5.37. The highest BCUT2D eigenvalue weighted by Gasteiger charge is 2.20. The summed E-state index contributed by atoms with van der Waals surface area (Å²) in [5.41, 5.74) is 0.975. The molecule has 1 heterocycles. The zero-order valence-electron chi connectivity index (χ0n) is 11.1. The van der Waals surface area contributed by atoms with Gasteiger partial charge in [-0.25, -0.2) is 4.68 Å². The van der Waals surface area contributed by atoms with Crippen molar-refractivity contribution in [3.05, 3.63) is 41.2 Å². The number of nitrogens with zero attached hydrogens (tertiary/aromatic N) is 3. The molecule has 106 valence electrons. The van der Waals surface area contributed by atoms with Gasteiger partial charge in [0.2, 0.25) is 0 Å². The van der Waals surface area contributed by atoms with E-state index in [1.165, 1.54) is 12.8 Å². The molecule has 1 aliphatic carbocycles. The van der Waals surface area contributed by atoms with Gasteiger partial charge in [0.1, 0.15) is 12.4 Å². The number of ether oxygens (including phenoxy) is 1. The quantitative estimate of drug-likeness (QED) is 0.850. The number of hydrogen-bond acceptors (Lipinski definition) is 4. The maximum atomic E-state index is 5.82. The predicted molar refractivity (Wildman–Crippen MR) is 76.8 cm³/mol. The van der Waals surface area contributed by atoms with E-state index in [2.05, 4.69) is 15.6 Å². The fraction of sp³-hybridized carbons (Fsp3) is 0.429. The number of nitrogens with one attached hydrogen (secondary N) is 1.